The van der Waals surface area contributed by atoms with Crippen molar-refractivity contribution in [2.45, 2.75) is 51.7 Å². The first-order chi connectivity index (χ1) is 14.1. The Morgan fingerprint density at radius 1 is 0.828 bits per heavy atom. The van der Waals surface area contributed by atoms with E-state index < -0.39 is 0 Å². The first-order valence-corrected chi connectivity index (χ1v) is 10.6. The van der Waals surface area contributed by atoms with Gasteiger partial charge in [-0.25, -0.2) is 4.79 Å². The largest absolute Gasteiger partial charge is 0.352 e. The molecule has 3 amide bonds. The molecule has 0 heterocycles. The van der Waals surface area contributed by atoms with Crippen LogP contribution in [0.5, 0.6) is 0 Å². The van der Waals surface area contributed by atoms with Gasteiger partial charge in [-0.05, 0) is 35.6 Å². The molecule has 5 nitrogen and oxygen atoms in total. The van der Waals surface area contributed by atoms with Gasteiger partial charge in [0.05, 0.1) is 0 Å². The number of carbonyl (C=O) groups excluding carboxylic acids is 2. The zero-order valence-electron chi connectivity index (χ0n) is 16.5. The highest BCUT2D eigenvalue weighted by atomic mass is 35.5. The van der Waals surface area contributed by atoms with Gasteiger partial charge in [-0.3, -0.25) is 4.79 Å². The fourth-order valence-electron chi connectivity index (χ4n) is 3.61. The lowest BCUT2D eigenvalue weighted by Crippen LogP contribution is -2.34. The molecule has 0 saturated heterocycles. The van der Waals surface area contributed by atoms with Gasteiger partial charge < -0.3 is 16.0 Å². The summed E-state index contributed by atoms with van der Waals surface area (Å²) in [5, 5.41) is 9.35. The minimum absolute atomic E-state index is 0.159. The van der Waals surface area contributed by atoms with Crippen molar-refractivity contribution in [2.75, 3.05) is 0 Å². The number of hydrogen-bond acceptors (Lipinski definition) is 2. The van der Waals surface area contributed by atoms with Gasteiger partial charge in [0.15, 0.2) is 0 Å². The van der Waals surface area contributed by atoms with E-state index in [1.165, 1.54) is 6.42 Å². The number of hydrogen-bond donors (Lipinski definition) is 3. The molecule has 154 valence electrons. The van der Waals surface area contributed by atoms with E-state index in [4.69, 9.17) is 11.6 Å². The lowest BCUT2D eigenvalue weighted by atomic mass is 9.88. The fourth-order valence-corrected chi connectivity index (χ4v) is 3.81. The smallest absolute Gasteiger partial charge is 0.315 e. The lowest BCUT2D eigenvalue weighted by molar-refractivity contribution is -0.126. The van der Waals surface area contributed by atoms with E-state index in [1.807, 2.05) is 42.5 Å². The van der Waals surface area contributed by atoms with Crippen LogP contribution in [0.15, 0.2) is 48.5 Å². The molecule has 1 saturated carbocycles. The van der Waals surface area contributed by atoms with Crippen LogP contribution in [0.2, 0.25) is 5.02 Å². The zero-order valence-corrected chi connectivity index (χ0v) is 17.3. The number of carbonyl (C=O) groups is 2. The van der Waals surface area contributed by atoms with Crippen LogP contribution < -0.4 is 16.0 Å². The van der Waals surface area contributed by atoms with Crippen LogP contribution >= 0.6 is 11.6 Å². The molecular weight excluding hydrogens is 386 g/mol. The molecular formula is C23H28ClN3O2. The van der Waals surface area contributed by atoms with E-state index in [2.05, 4.69) is 16.0 Å². The van der Waals surface area contributed by atoms with Crippen molar-refractivity contribution in [3.05, 3.63) is 70.2 Å². The first kappa shape index (κ1) is 21.2. The zero-order chi connectivity index (χ0) is 20.5. The van der Waals surface area contributed by atoms with E-state index in [1.54, 1.807) is 6.07 Å². The standard InChI is InChI=1S/C23H28ClN3O2/c24-21-12-5-4-11-20(21)16-27-23(29)26-15-18-8-6-7-17(13-18)14-25-22(28)19-9-2-1-3-10-19/h4-8,11-13,19H,1-3,9-10,14-16H2,(H,25,28)(H2,26,27,29). The van der Waals surface area contributed by atoms with Crippen molar-refractivity contribution in [3.8, 4) is 0 Å². The topological polar surface area (TPSA) is 70.2 Å². The molecule has 29 heavy (non-hydrogen) atoms. The highest BCUT2D eigenvalue weighted by Crippen LogP contribution is 2.23. The Bertz CT molecular complexity index is 834. The van der Waals surface area contributed by atoms with E-state index in [0.717, 1.165) is 42.4 Å². The van der Waals surface area contributed by atoms with E-state index in [-0.39, 0.29) is 17.9 Å². The predicted molar refractivity (Wildman–Crippen MR) is 115 cm³/mol. The van der Waals surface area contributed by atoms with Crippen molar-refractivity contribution < 1.29 is 9.59 Å². The Hall–Kier alpha value is -2.53. The maximum Gasteiger partial charge on any atom is 0.315 e. The molecule has 6 heteroatoms. The number of benzene rings is 2. The minimum Gasteiger partial charge on any atom is -0.352 e. The molecule has 0 unspecified atom stereocenters. The Morgan fingerprint density at radius 2 is 1.48 bits per heavy atom. The average Bonchev–Trinajstić information content (AvgIpc) is 2.76. The van der Waals surface area contributed by atoms with E-state index in [0.29, 0.717) is 24.7 Å². The summed E-state index contributed by atoms with van der Waals surface area (Å²) in [5.74, 6) is 0.322. The number of rotatable bonds is 7. The monoisotopic (exact) mass is 413 g/mol. The Balaban J connectivity index is 1.42. The van der Waals surface area contributed by atoms with Crippen molar-refractivity contribution in [1.29, 1.82) is 0 Å². The molecule has 2 aromatic carbocycles. The summed E-state index contributed by atoms with van der Waals surface area (Å²) in [6.07, 6.45) is 5.54. The third-order valence-electron chi connectivity index (χ3n) is 5.28. The molecule has 0 atom stereocenters. The van der Waals surface area contributed by atoms with Crippen molar-refractivity contribution in [1.82, 2.24) is 16.0 Å². The lowest BCUT2D eigenvalue weighted by Gasteiger charge is -2.20. The van der Waals surface area contributed by atoms with Crippen LogP contribution in [0.1, 0.15) is 48.8 Å². The molecule has 2 aromatic rings. The van der Waals surface area contributed by atoms with E-state index >= 15 is 0 Å². The second-order valence-corrected chi connectivity index (χ2v) is 7.91. The molecule has 1 aliphatic carbocycles. The summed E-state index contributed by atoms with van der Waals surface area (Å²) in [7, 11) is 0. The normalized spacial score (nSPS) is 14.2. The second-order valence-electron chi connectivity index (χ2n) is 7.50. The fraction of sp³-hybridized carbons (Fsp3) is 0.391. The number of halogens is 1. The molecule has 0 spiro atoms. The summed E-state index contributed by atoms with van der Waals surface area (Å²) in [5.41, 5.74) is 2.90. The van der Waals surface area contributed by atoms with Crippen molar-refractivity contribution in [3.63, 3.8) is 0 Å². The van der Waals surface area contributed by atoms with Crippen LogP contribution in [0.25, 0.3) is 0 Å². The number of urea groups is 1. The SMILES string of the molecule is O=C(NCc1cccc(CNC(=O)C2CCCCC2)c1)NCc1ccccc1Cl. The predicted octanol–water partition coefficient (Wildman–Crippen LogP) is 4.54. The number of nitrogens with one attached hydrogen (secondary N) is 3. The van der Waals surface area contributed by atoms with Gasteiger partial charge in [0.2, 0.25) is 5.91 Å². The molecule has 3 rings (SSSR count). The Morgan fingerprint density at radius 3 is 2.21 bits per heavy atom. The highest BCUT2D eigenvalue weighted by Gasteiger charge is 2.20. The summed E-state index contributed by atoms with van der Waals surface area (Å²) < 4.78 is 0. The third-order valence-corrected chi connectivity index (χ3v) is 5.65. The van der Waals surface area contributed by atoms with Crippen LogP contribution in [-0.4, -0.2) is 11.9 Å². The summed E-state index contributed by atoms with van der Waals surface area (Å²) in [4.78, 5) is 24.4. The van der Waals surface area contributed by atoms with Crippen LogP contribution in [-0.2, 0) is 24.4 Å². The molecule has 1 aliphatic rings. The average molecular weight is 414 g/mol. The maximum absolute atomic E-state index is 12.3. The summed E-state index contributed by atoms with van der Waals surface area (Å²) in [6, 6.07) is 15.1. The third kappa shape index (κ3) is 6.79. The van der Waals surface area contributed by atoms with Gasteiger partial charge in [0, 0.05) is 30.6 Å². The van der Waals surface area contributed by atoms with E-state index in [9.17, 15) is 9.59 Å². The van der Waals surface area contributed by atoms with Gasteiger partial charge in [0.25, 0.3) is 0 Å². The highest BCUT2D eigenvalue weighted by molar-refractivity contribution is 6.31. The molecule has 0 radical (unpaired) electrons. The summed E-state index contributed by atoms with van der Waals surface area (Å²) in [6.45, 7) is 1.30. The van der Waals surface area contributed by atoms with Crippen molar-refractivity contribution in [2.24, 2.45) is 5.92 Å². The molecule has 3 N–H and O–H groups in total. The minimum atomic E-state index is -0.249. The Kier molecular flexibility index (Phi) is 7.94. The van der Waals surface area contributed by atoms with Gasteiger partial charge in [0.1, 0.15) is 0 Å². The molecule has 0 bridgehead atoms. The van der Waals surface area contributed by atoms with Crippen molar-refractivity contribution >= 4 is 23.5 Å². The van der Waals surface area contributed by atoms with Crippen LogP contribution in [0.4, 0.5) is 4.79 Å². The van der Waals surface area contributed by atoms with Gasteiger partial charge in [-0.2, -0.15) is 0 Å². The summed E-state index contributed by atoms with van der Waals surface area (Å²) >= 11 is 6.10. The second kappa shape index (κ2) is 10.9. The quantitative estimate of drug-likeness (QED) is 0.623. The first-order valence-electron chi connectivity index (χ1n) is 10.2. The Labute approximate surface area is 177 Å². The maximum atomic E-state index is 12.3. The van der Waals surface area contributed by atoms with Crippen LogP contribution in [0.3, 0.4) is 0 Å². The molecule has 0 aliphatic heterocycles. The van der Waals surface area contributed by atoms with Gasteiger partial charge in [-0.1, -0.05) is 73.3 Å². The van der Waals surface area contributed by atoms with Gasteiger partial charge in [-0.15, -0.1) is 0 Å². The number of amides is 3. The van der Waals surface area contributed by atoms with Gasteiger partial charge >= 0.3 is 6.03 Å². The van der Waals surface area contributed by atoms with Crippen LogP contribution in [0, 0.1) is 5.92 Å². The molecule has 1 fully saturated rings. The molecule has 0 aromatic heterocycles.